The number of hydrogen-bond acceptors (Lipinski definition) is 5. The predicted octanol–water partition coefficient (Wildman–Crippen LogP) is 5.99. The maximum atomic E-state index is 13.1. The van der Waals surface area contributed by atoms with E-state index in [1.165, 1.54) is 5.56 Å². The summed E-state index contributed by atoms with van der Waals surface area (Å²) in [4.78, 5) is 14.8. The van der Waals surface area contributed by atoms with Gasteiger partial charge in [-0.15, -0.1) is 0 Å². The van der Waals surface area contributed by atoms with Crippen LogP contribution in [0.1, 0.15) is 37.0 Å². The molecule has 0 spiro atoms. The highest BCUT2D eigenvalue weighted by atomic mass is 16.5. The van der Waals surface area contributed by atoms with Crippen LogP contribution in [0.2, 0.25) is 0 Å². The molecule has 6 heteroatoms. The van der Waals surface area contributed by atoms with Crippen LogP contribution < -0.4 is 19.1 Å². The molecule has 4 rings (SSSR count). The second kappa shape index (κ2) is 12.6. The van der Waals surface area contributed by atoms with Gasteiger partial charge in [0.2, 0.25) is 0 Å². The molecule has 0 fully saturated rings. The molecule has 0 aromatic heterocycles. The number of carbonyl (C=O) groups excluding carboxylic acids is 1. The first kappa shape index (κ1) is 25.8. The molecule has 0 aliphatic carbocycles. The number of ether oxygens (including phenoxy) is 3. The highest BCUT2D eigenvalue weighted by molar-refractivity contribution is 6.12. The molecule has 190 valence electrons. The van der Waals surface area contributed by atoms with Crippen LogP contribution >= 0.6 is 0 Å². The summed E-state index contributed by atoms with van der Waals surface area (Å²) in [6.45, 7) is 6.08. The fourth-order valence-corrected chi connectivity index (χ4v) is 4.26. The van der Waals surface area contributed by atoms with E-state index in [4.69, 9.17) is 14.2 Å². The fraction of sp³-hybridized carbons (Fsp3) is 0.290. The molecular weight excluding hydrogens is 464 g/mol. The van der Waals surface area contributed by atoms with Crippen molar-refractivity contribution < 1.29 is 19.0 Å². The zero-order chi connectivity index (χ0) is 26.0. The lowest BCUT2D eigenvalue weighted by atomic mass is 10.1. The van der Waals surface area contributed by atoms with Crippen LogP contribution in [-0.2, 0) is 17.6 Å². The van der Waals surface area contributed by atoms with E-state index in [-0.39, 0.29) is 11.5 Å². The minimum Gasteiger partial charge on any atom is -0.493 e. The highest BCUT2D eigenvalue weighted by Gasteiger charge is 2.26. The largest absolute Gasteiger partial charge is 0.493 e. The van der Waals surface area contributed by atoms with Gasteiger partial charge in [-0.2, -0.15) is 5.26 Å². The molecule has 0 atom stereocenters. The number of fused-ring (bicyclic) bond motifs is 1. The van der Waals surface area contributed by atoms with Crippen LogP contribution in [0, 0.1) is 11.3 Å². The van der Waals surface area contributed by atoms with E-state index in [0.29, 0.717) is 49.8 Å². The summed E-state index contributed by atoms with van der Waals surface area (Å²) in [5, 5.41) is 9.73. The third-order valence-electron chi connectivity index (χ3n) is 6.21. The molecule has 3 aromatic carbocycles. The number of anilines is 1. The molecule has 1 heterocycles. The molecule has 0 radical (unpaired) electrons. The molecule has 37 heavy (non-hydrogen) atoms. The normalized spacial score (nSPS) is 12.6. The van der Waals surface area contributed by atoms with Crippen molar-refractivity contribution in [2.24, 2.45) is 0 Å². The zero-order valence-electron chi connectivity index (χ0n) is 21.4. The quantitative estimate of drug-likeness (QED) is 0.185. The molecule has 0 saturated heterocycles. The first-order chi connectivity index (χ1) is 18.1. The molecular formula is C31H32N2O4. The van der Waals surface area contributed by atoms with Gasteiger partial charge in [0.1, 0.15) is 17.4 Å². The lowest BCUT2D eigenvalue weighted by Crippen LogP contribution is -2.29. The number of nitriles is 1. The van der Waals surface area contributed by atoms with Crippen molar-refractivity contribution in [3.05, 3.63) is 89.0 Å². The van der Waals surface area contributed by atoms with E-state index in [9.17, 15) is 10.1 Å². The van der Waals surface area contributed by atoms with Gasteiger partial charge in [0, 0.05) is 18.7 Å². The Morgan fingerprint density at radius 2 is 1.76 bits per heavy atom. The minimum absolute atomic E-state index is 0.0805. The summed E-state index contributed by atoms with van der Waals surface area (Å²) < 4.78 is 17.5. The number of rotatable bonds is 11. The van der Waals surface area contributed by atoms with Gasteiger partial charge >= 0.3 is 0 Å². The molecule has 1 aliphatic rings. The number of nitrogens with zero attached hydrogens (tertiary/aromatic N) is 2. The van der Waals surface area contributed by atoms with Gasteiger partial charge in [0.25, 0.3) is 5.91 Å². The molecule has 6 nitrogen and oxygen atoms in total. The monoisotopic (exact) mass is 496 g/mol. The van der Waals surface area contributed by atoms with Crippen LogP contribution in [0.4, 0.5) is 5.69 Å². The van der Waals surface area contributed by atoms with Crippen molar-refractivity contribution in [3.8, 4) is 23.3 Å². The van der Waals surface area contributed by atoms with Crippen molar-refractivity contribution in [2.75, 3.05) is 31.3 Å². The maximum absolute atomic E-state index is 13.1. The minimum atomic E-state index is -0.296. The molecule has 0 bridgehead atoms. The van der Waals surface area contributed by atoms with Gasteiger partial charge in [-0.25, -0.2) is 0 Å². The van der Waals surface area contributed by atoms with Gasteiger partial charge in [-0.3, -0.25) is 4.79 Å². The Labute approximate surface area is 218 Å². The molecule has 0 saturated carbocycles. The van der Waals surface area contributed by atoms with Crippen molar-refractivity contribution in [3.63, 3.8) is 0 Å². The van der Waals surface area contributed by atoms with Crippen molar-refractivity contribution in [1.82, 2.24) is 0 Å². The summed E-state index contributed by atoms with van der Waals surface area (Å²) in [6.07, 6.45) is 4.11. The number of carbonyl (C=O) groups is 1. The molecule has 1 amide bonds. The molecule has 0 unspecified atom stereocenters. The SMILES string of the molecule is CCOc1cc(/C=C(\C#N)C(=O)N2CCc3ccccc32)ccc1OCCCOc1ccc(CC)cc1. The second-order valence-corrected chi connectivity index (χ2v) is 8.69. The summed E-state index contributed by atoms with van der Waals surface area (Å²) in [5.41, 5.74) is 4.05. The molecule has 1 aliphatic heterocycles. The van der Waals surface area contributed by atoms with Crippen molar-refractivity contribution in [2.45, 2.75) is 33.1 Å². The van der Waals surface area contributed by atoms with E-state index in [1.807, 2.05) is 55.5 Å². The Bertz CT molecular complexity index is 1290. The predicted molar refractivity (Wildman–Crippen MR) is 145 cm³/mol. The fourth-order valence-electron chi connectivity index (χ4n) is 4.26. The number of para-hydroxylation sites is 1. The van der Waals surface area contributed by atoms with E-state index in [1.54, 1.807) is 17.0 Å². The smallest absolute Gasteiger partial charge is 0.268 e. The first-order valence-corrected chi connectivity index (χ1v) is 12.8. The Hall–Kier alpha value is -4.24. The summed E-state index contributed by atoms with van der Waals surface area (Å²) in [7, 11) is 0. The van der Waals surface area contributed by atoms with E-state index in [2.05, 4.69) is 25.1 Å². The van der Waals surface area contributed by atoms with Gasteiger partial charge in [0.05, 0.1) is 19.8 Å². The second-order valence-electron chi connectivity index (χ2n) is 8.69. The average molecular weight is 497 g/mol. The number of benzene rings is 3. The lowest BCUT2D eigenvalue weighted by Gasteiger charge is -2.17. The van der Waals surface area contributed by atoms with Crippen LogP contribution in [-0.4, -0.2) is 32.3 Å². The molecule has 0 N–H and O–H groups in total. The van der Waals surface area contributed by atoms with Gasteiger partial charge in [-0.05, 0) is 72.9 Å². The Balaban J connectivity index is 1.38. The standard InChI is InChI=1S/C31H32N2O4/c1-3-23-10-13-27(14-11-23)36-18-7-19-37-29-15-12-24(21-30(29)35-4-2)20-26(22-32)31(34)33-17-16-25-8-5-6-9-28(25)33/h5-6,8-15,20-21H,3-4,7,16-19H2,1-2H3/b26-20+. The molecule has 3 aromatic rings. The highest BCUT2D eigenvalue weighted by Crippen LogP contribution is 2.31. The van der Waals surface area contributed by atoms with E-state index < -0.39 is 0 Å². The summed E-state index contributed by atoms with van der Waals surface area (Å²) >= 11 is 0. The van der Waals surface area contributed by atoms with Crippen molar-refractivity contribution >= 4 is 17.7 Å². The number of amides is 1. The van der Waals surface area contributed by atoms with Crippen LogP contribution in [0.25, 0.3) is 6.08 Å². The van der Waals surface area contributed by atoms with Crippen LogP contribution in [0.15, 0.2) is 72.3 Å². The topological polar surface area (TPSA) is 71.8 Å². The van der Waals surface area contributed by atoms with Crippen molar-refractivity contribution in [1.29, 1.82) is 5.26 Å². The third-order valence-corrected chi connectivity index (χ3v) is 6.21. The third kappa shape index (κ3) is 6.50. The van der Waals surface area contributed by atoms with Gasteiger partial charge < -0.3 is 19.1 Å². The Morgan fingerprint density at radius 3 is 2.51 bits per heavy atom. The summed E-state index contributed by atoms with van der Waals surface area (Å²) in [6, 6.07) is 23.4. The lowest BCUT2D eigenvalue weighted by molar-refractivity contribution is -0.114. The van der Waals surface area contributed by atoms with Crippen LogP contribution in [0.3, 0.4) is 0 Å². The van der Waals surface area contributed by atoms with Gasteiger partial charge in [0.15, 0.2) is 11.5 Å². The number of aryl methyl sites for hydroxylation is 1. The Morgan fingerprint density at radius 1 is 0.973 bits per heavy atom. The van der Waals surface area contributed by atoms with Gasteiger partial charge in [-0.1, -0.05) is 43.3 Å². The zero-order valence-corrected chi connectivity index (χ0v) is 21.4. The Kier molecular flexibility index (Phi) is 8.83. The summed E-state index contributed by atoms with van der Waals surface area (Å²) in [5.74, 6) is 1.74. The van der Waals surface area contributed by atoms with E-state index >= 15 is 0 Å². The first-order valence-electron chi connectivity index (χ1n) is 12.8. The maximum Gasteiger partial charge on any atom is 0.268 e. The van der Waals surface area contributed by atoms with Crippen LogP contribution in [0.5, 0.6) is 17.2 Å². The van der Waals surface area contributed by atoms with E-state index in [0.717, 1.165) is 29.8 Å². The average Bonchev–Trinajstić information content (AvgIpc) is 3.37. The number of hydrogen-bond donors (Lipinski definition) is 0.